The van der Waals surface area contributed by atoms with Gasteiger partial charge in [-0.1, -0.05) is 32.6 Å². The molecule has 0 N–H and O–H groups in total. The predicted octanol–water partition coefficient (Wildman–Crippen LogP) is 3.48. The first kappa shape index (κ1) is 28.7. The summed E-state index contributed by atoms with van der Waals surface area (Å²) in [5.41, 5.74) is 0. The minimum absolute atomic E-state index is 0.248. The zero-order valence-electron chi connectivity index (χ0n) is 19.2. The molecule has 0 aliphatic rings. The maximum Gasteiger partial charge on any atom is 0.0703 e. The molecule has 0 aromatic carbocycles. The van der Waals surface area contributed by atoms with Crippen LogP contribution in [0.3, 0.4) is 0 Å². The Morgan fingerprint density at radius 1 is 0.414 bits per heavy atom. The molecule has 0 aliphatic heterocycles. The molecule has 0 bridgehead atoms. The Balaban J connectivity index is 2.98. The fraction of sp³-hybridized carbons (Fsp3) is 1.00. The van der Waals surface area contributed by atoms with Crippen molar-refractivity contribution in [1.82, 2.24) is 0 Å². The third kappa shape index (κ3) is 27.7. The second kappa shape index (κ2) is 25.8. The van der Waals surface area contributed by atoms with Crippen LogP contribution in [0, 0.1) is 0 Å². The van der Waals surface area contributed by atoms with Gasteiger partial charge in [-0.2, -0.15) is 0 Å². The van der Waals surface area contributed by atoms with Crippen molar-refractivity contribution in [2.75, 3.05) is 85.9 Å². The third-order valence-electron chi connectivity index (χ3n) is 3.93. The van der Waals surface area contributed by atoms with E-state index in [4.69, 9.17) is 33.2 Å². The molecule has 0 rings (SSSR count). The second-order valence-electron chi connectivity index (χ2n) is 7.01. The Morgan fingerprint density at radius 3 is 1.14 bits per heavy atom. The van der Waals surface area contributed by atoms with Crippen molar-refractivity contribution < 1.29 is 33.2 Å². The predicted molar refractivity (Wildman–Crippen MR) is 115 cm³/mol. The van der Waals surface area contributed by atoms with Gasteiger partial charge < -0.3 is 33.2 Å². The molecule has 7 nitrogen and oxygen atoms in total. The van der Waals surface area contributed by atoms with Crippen LogP contribution < -0.4 is 0 Å². The van der Waals surface area contributed by atoms with Crippen LogP contribution in [0.1, 0.15) is 52.9 Å². The van der Waals surface area contributed by atoms with E-state index < -0.39 is 0 Å². The van der Waals surface area contributed by atoms with Gasteiger partial charge in [0.2, 0.25) is 0 Å². The van der Waals surface area contributed by atoms with Crippen LogP contribution in [0.15, 0.2) is 0 Å². The Bertz CT molecular complexity index is 290. The van der Waals surface area contributed by atoms with Crippen molar-refractivity contribution in [3.05, 3.63) is 0 Å². The van der Waals surface area contributed by atoms with Crippen LogP contribution in [-0.2, 0) is 33.2 Å². The quantitative estimate of drug-likeness (QED) is 0.209. The number of ether oxygens (including phenoxy) is 7. The van der Waals surface area contributed by atoms with E-state index in [1.165, 1.54) is 25.7 Å². The first-order valence-electron chi connectivity index (χ1n) is 11.4. The van der Waals surface area contributed by atoms with Crippen LogP contribution >= 0.6 is 0 Å². The topological polar surface area (TPSA) is 64.6 Å². The number of rotatable bonds is 25. The lowest BCUT2D eigenvalue weighted by molar-refractivity contribution is -0.0238. The van der Waals surface area contributed by atoms with Crippen molar-refractivity contribution in [3.8, 4) is 0 Å². The molecule has 0 fully saturated rings. The summed E-state index contributed by atoms with van der Waals surface area (Å²) in [7, 11) is 0. The molecule has 0 saturated carbocycles. The minimum atomic E-state index is 0.248. The van der Waals surface area contributed by atoms with E-state index in [1.54, 1.807) is 0 Å². The second-order valence-corrected chi connectivity index (χ2v) is 7.01. The third-order valence-corrected chi connectivity index (χ3v) is 3.93. The number of unbranched alkanes of at least 4 members (excludes halogenated alkanes) is 4. The Labute approximate surface area is 178 Å². The van der Waals surface area contributed by atoms with Crippen LogP contribution in [0.4, 0.5) is 0 Å². The fourth-order valence-corrected chi connectivity index (χ4v) is 2.35. The fourth-order valence-electron chi connectivity index (χ4n) is 2.35. The van der Waals surface area contributed by atoms with E-state index in [9.17, 15) is 0 Å². The molecular weight excluding hydrogens is 376 g/mol. The molecule has 0 aliphatic carbocycles. The smallest absolute Gasteiger partial charge is 0.0703 e. The minimum Gasteiger partial charge on any atom is -0.379 e. The normalized spacial score (nSPS) is 11.6. The lowest BCUT2D eigenvalue weighted by Gasteiger charge is -2.09. The van der Waals surface area contributed by atoms with Crippen molar-refractivity contribution in [3.63, 3.8) is 0 Å². The number of hydrogen-bond acceptors (Lipinski definition) is 7. The largest absolute Gasteiger partial charge is 0.379 e. The molecule has 0 heterocycles. The highest BCUT2D eigenvalue weighted by Crippen LogP contribution is 2.02. The van der Waals surface area contributed by atoms with Crippen molar-refractivity contribution in [1.29, 1.82) is 0 Å². The van der Waals surface area contributed by atoms with Crippen molar-refractivity contribution in [2.45, 2.75) is 59.0 Å². The van der Waals surface area contributed by atoms with Crippen LogP contribution in [0.25, 0.3) is 0 Å². The molecule has 0 unspecified atom stereocenters. The van der Waals surface area contributed by atoms with E-state index in [1.807, 2.05) is 13.8 Å². The summed E-state index contributed by atoms with van der Waals surface area (Å²) in [6.45, 7) is 14.2. The summed E-state index contributed by atoms with van der Waals surface area (Å²) >= 11 is 0. The maximum atomic E-state index is 5.54. The zero-order valence-corrected chi connectivity index (χ0v) is 19.2. The average molecular weight is 423 g/mol. The first-order valence-corrected chi connectivity index (χ1v) is 11.4. The molecule has 0 aromatic heterocycles. The molecule has 0 amide bonds. The summed E-state index contributed by atoms with van der Waals surface area (Å²) < 4.78 is 38.1. The highest BCUT2D eigenvalue weighted by Gasteiger charge is 1.95. The summed E-state index contributed by atoms with van der Waals surface area (Å²) in [4.78, 5) is 0. The van der Waals surface area contributed by atoms with Gasteiger partial charge in [0.15, 0.2) is 0 Å². The maximum absolute atomic E-state index is 5.54. The summed E-state index contributed by atoms with van der Waals surface area (Å²) in [5.74, 6) is 0. The van der Waals surface area contributed by atoms with Gasteiger partial charge in [0.1, 0.15) is 0 Å². The summed E-state index contributed by atoms with van der Waals surface area (Å²) in [6.07, 6.45) is 6.58. The Hall–Kier alpha value is -0.280. The highest BCUT2D eigenvalue weighted by atomic mass is 16.6. The average Bonchev–Trinajstić information content (AvgIpc) is 2.71. The van der Waals surface area contributed by atoms with E-state index in [0.717, 1.165) is 13.0 Å². The Kier molecular flexibility index (Phi) is 25.5. The van der Waals surface area contributed by atoms with E-state index in [0.29, 0.717) is 79.3 Å². The van der Waals surface area contributed by atoms with E-state index in [2.05, 4.69) is 6.92 Å². The lowest BCUT2D eigenvalue weighted by Crippen LogP contribution is -2.15. The molecule has 0 atom stereocenters. The van der Waals surface area contributed by atoms with Crippen molar-refractivity contribution in [2.24, 2.45) is 0 Å². The molecule has 7 heteroatoms. The number of hydrogen-bond donors (Lipinski definition) is 0. The monoisotopic (exact) mass is 422 g/mol. The van der Waals surface area contributed by atoms with E-state index in [-0.39, 0.29) is 6.10 Å². The van der Waals surface area contributed by atoms with Gasteiger partial charge in [-0.25, -0.2) is 0 Å². The summed E-state index contributed by atoms with van der Waals surface area (Å²) in [6, 6.07) is 0. The van der Waals surface area contributed by atoms with E-state index >= 15 is 0 Å². The standard InChI is InChI=1S/C22H46O7/c1-4-5-6-7-8-9-23-10-11-24-12-13-25-14-15-26-16-17-27-18-19-28-20-21-29-22(2)3/h22H,4-21H2,1-3H3. The van der Waals surface area contributed by atoms with Gasteiger partial charge in [0, 0.05) is 6.61 Å². The lowest BCUT2D eigenvalue weighted by atomic mass is 10.2. The first-order chi connectivity index (χ1) is 14.3. The van der Waals surface area contributed by atoms with Gasteiger partial charge >= 0.3 is 0 Å². The van der Waals surface area contributed by atoms with Gasteiger partial charge in [-0.3, -0.25) is 0 Å². The SMILES string of the molecule is CCCCCCCOCCOCCOCCOCCOCCOCCOC(C)C. The molecule has 29 heavy (non-hydrogen) atoms. The Morgan fingerprint density at radius 2 is 0.759 bits per heavy atom. The van der Waals surface area contributed by atoms with Gasteiger partial charge in [-0.05, 0) is 20.3 Å². The molecule has 0 spiro atoms. The molecule has 0 aromatic rings. The molecule has 0 saturated heterocycles. The molecule has 176 valence electrons. The summed E-state index contributed by atoms with van der Waals surface area (Å²) in [5, 5.41) is 0. The van der Waals surface area contributed by atoms with Crippen molar-refractivity contribution >= 4 is 0 Å². The zero-order chi connectivity index (χ0) is 21.3. The molecule has 0 radical (unpaired) electrons. The van der Waals surface area contributed by atoms with Crippen LogP contribution in [0.2, 0.25) is 0 Å². The van der Waals surface area contributed by atoms with Gasteiger partial charge in [0.05, 0.1) is 85.4 Å². The van der Waals surface area contributed by atoms with Crippen LogP contribution in [-0.4, -0.2) is 92.0 Å². The van der Waals surface area contributed by atoms with Crippen LogP contribution in [0.5, 0.6) is 0 Å². The van der Waals surface area contributed by atoms with Gasteiger partial charge in [0.25, 0.3) is 0 Å². The molecular formula is C22H46O7. The van der Waals surface area contributed by atoms with Gasteiger partial charge in [-0.15, -0.1) is 0 Å². The highest BCUT2D eigenvalue weighted by molar-refractivity contribution is 4.42.